The lowest BCUT2D eigenvalue weighted by Crippen LogP contribution is -2.37. The van der Waals surface area contributed by atoms with E-state index in [1.54, 1.807) is 0 Å². The number of rotatable bonds is 21. The van der Waals surface area contributed by atoms with Crippen LogP contribution in [0.5, 0.6) is 0 Å². The number of nitrogens with zero attached hydrogens (tertiary/aromatic N) is 2. The highest BCUT2D eigenvalue weighted by Gasteiger charge is 2.27. The molecule has 178 valence electrons. The topological polar surface area (TPSA) is 35.8 Å². The van der Waals surface area contributed by atoms with E-state index in [0.29, 0.717) is 0 Å². The van der Waals surface area contributed by atoms with Gasteiger partial charge in [0.15, 0.2) is 0 Å². The Hall–Kier alpha value is -0.0900. The summed E-state index contributed by atoms with van der Waals surface area (Å²) in [4.78, 5) is 7.00. The number of aliphatic hydroxyl groups is 1. The molecule has 0 aromatic heterocycles. The van der Waals surface area contributed by atoms with E-state index in [2.05, 4.69) is 39.7 Å². The maximum absolute atomic E-state index is 10.5. The van der Waals surface area contributed by atoms with Crippen LogP contribution in [0.25, 0.3) is 0 Å². The van der Waals surface area contributed by atoms with Crippen molar-refractivity contribution in [3.8, 4) is 0 Å². The highest BCUT2D eigenvalue weighted by atomic mass is 79.9. The number of hydrogen-bond donors (Lipinski definition) is 1. The highest BCUT2D eigenvalue weighted by Crippen LogP contribution is 2.20. The minimum Gasteiger partial charge on any atom is -0.385 e. The minimum atomic E-state index is -0.379. The van der Waals surface area contributed by atoms with Crippen LogP contribution in [0.3, 0.4) is 0 Å². The van der Waals surface area contributed by atoms with Gasteiger partial charge in [-0.2, -0.15) is 0 Å². The highest BCUT2D eigenvalue weighted by molar-refractivity contribution is 9.09. The average molecular weight is 488 g/mol. The van der Waals surface area contributed by atoms with Crippen molar-refractivity contribution in [2.75, 3.05) is 13.1 Å². The molecule has 0 saturated heterocycles. The normalized spacial score (nSPS) is 17.5. The Bertz CT molecular complexity index is 416. The van der Waals surface area contributed by atoms with E-state index >= 15 is 0 Å². The van der Waals surface area contributed by atoms with Gasteiger partial charge >= 0.3 is 0 Å². The first-order chi connectivity index (χ1) is 14.7. The fourth-order valence-corrected chi connectivity index (χ4v) is 5.06. The Morgan fingerprint density at radius 2 is 1.20 bits per heavy atom. The molecule has 0 aromatic carbocycles. The molecule has 1 aliphatic rings. The van der Waals surface area contributed by atoms with E-state index in [9.17, 15) is 5.11 Å². The molecule has 0 amide bonds. The summed E-state index contributed by atoms with van der Waals surface area (Å²) >= 11 is 3.57. The number of alkyl halides is 1. The minimum absolute atomic E-state index is 0.157. The lowest BCUT2D eigenvalue weighted by molar-refractivity contribution is 0.209. The fourth-order valence-electron chi connectivity index (χ4n) is 4.51. The molecular weight excluding hydrogens is 436 g/mol. The van der Waals surface area contributed by atoms with Crippen LogP contribution in [0.15, 0.2) is 4.99 Å². The van der Waals surface area contributed by atoms with Gasteiger partial charge in [-0.15, -0.1) is 0 Å². The fraction of sp³-hybridized carbons (Fsp3) is 0.962. The number of aliphatic hydroxyl groups excluding tert-OH is 1. The predicted molar refractivity (Wildman–Crippen MR) is 137 cm³/mol. The second kappa shape index (κ2) is 19.6. The molecule has 1 heterocycles. The molecule has 3 nitrogen and oxygen atoms in total. The van der Waals surface area contributed by atoms with Crippen LogP contribution < -0.4 is 0 Å². The van der Waals surface area contributed by atoms with Crippen LogP contribution in [0.1, 0.15) is 136 Å². The SMILES string of the molecule is CCCCCCCCCCCCCCCCCCCC(O)C1=NC(Br)CN1CCC. The summed E-state index contributed by atoms with van der Waals surface area (Å²) in [7, 11) is 0. The molecule has 2 unspecified atom stereocenters. The molecule has 30 heavy (non-hydrogen) atoms. The standard InChI is InChI=1S/C26H51BrN2O/c1-3-5-6-7-8-9-10-11-12-13-14-15-16-17-18-19-20-21-24(30)26-28-25(27)23-29(26)22-4-2/h24-25,30H,3-23H2,1-2H3. The quantitative estimate of drug-likeness (QED) is 0.101. The monoisotopic (exact) mass is 486 g/mol. The number of unbranched alkanes of at least 4 members (excludes halogenated alkanes) is 16. The van der Waals surface area contributed by atoms with E-state index in [0.717, 1.165) is 38.2 Å². The lowest BCUT2D eigenvalue weighted by Gasteiger charge is -2.23. The summed E-state index contributed by atoms with van der Waals surface area (Å²) in [5.74, 6) is 0.912. The maximum atomic E-state index is 10.5. The zero-order valence-electron chi connectivity index (χ0n) is 20.2. The molecule has 0 radical (unpaired) electrons. The van der Waals surface area contributed by atoms with Crippen molar-refractivity contribution < 1.29 is 5.11 Å². The van der Waals surface area contributed by atoms with Crippen molar-refractivity contribution in [3.63, 3.8) is 0 Å². The van der Waals surface area contributed by atoms with E-state index < -0.39 is 0 Å². The van der Waals surface area contributed by atoms with Crippen molar-refractivity contribution in [3.05, 3.63) is 0 Å². The first-order valence-electron chi connectivity index (χ1n) is 13.3. The molecule has 0 bridgehead atoms. The second-order valence-electron chi connectivity index (χ2n) is 9.33. The molecule has 0 fully saturated rings. The van der Waals surface area contributed by atoms with Crippen molar-refractivity contribution >= 4 is 21.8 Å². The van der Waals surface area contributed by atoms with Gasteiger partial charge in [0.1, 0.15) is 16.9 Å². The predicted octanol–water partition coefficient (Wildman–Crippen LogP) is 8.23. The summed E-state index contributed by atoms with van der Waals surface area (Å²) in [6, 6.07) is 0. The molecule has 1 aliphatic heterocycles. The number of aliphatic imine (C=N–C) groups is 1. The van der Waals surface area contributed by atoms with Gasteiger partial charge in [0, 0.05) is 6.54 Å². The van der Waals surface area contributed by atoms with Crippen molar-refractivity contribution in [1.82, 2.24) is 4.90 Å². The summed E-state index contributed by atoms with van der Waals surface area (Å²) < 4.78 is 0. The first-order valence-corrected chi connectivity index (χ1v) is 14.2. The Kier molecular flexibility index (Phi) is 18.2. The van der Waals surface area contributed by atoms with E-state index in [1.807, 2.05) is 0 Å². The lowest BCUT2D eigenvalue weighted by atomic mass is 10.0. The van der Waals surface area contributed by atoms with E-state index in [1.165, 1.54) is 103 Å². The molecule has 1 rings (SSSR count). The average Bonchev–Trinajstić information content (AvgIpc) is 3.10. The molecule has 4 heteroatoms. The van der Waals surface area contributed by atoms with Gasteiger partial charge in [-0.3, -0.25) is 4.99 Å². The number of halogens is 1. The Morgan fingerprint density at radius 1 is 0.767 bits per heavy atom. The van der Waals surface area contributed by atoms with Gasteiger partial charge in [-0.1, -0.05) is 139 Å². The Balaban J connectivity index is 1.84. The van der Waals surface area contributed by atoms with Crippen LogP contribution in [0.2, 0.25) is 0 Å². The summed E-state index contributed by atoms with van der Waals surface area (Å²) in [5, 5.41) is 10.5. The third-order valence-corrected chi connectivity index (χ3v) is 6.83. The summed E-state index contributed by atoms with van der Waals surface area (Å²) in [6.07, 6.45) is 25.2. The molecule has 0 aliphatic carbocycles. The Labute approximate surface area is 196 Å². The number of amidine groups is 1. The van der Waals surface area contributed by atoms with Gasteiger partial charge in [0.05, 0.1) is 6.54 Å². The molecule has 2 atom stereocenters. The summed E-state index contributed by atoms with van der Waals surface area (Å²) in [5.41, 5.74) is 0. The van der Waals surface area contributed by atoms with Crippen molar-refractivity contribution in [1.29, 1.82) is 0 Å². The van der Waals surface area contributed by atoms with Crippen LogP contribution >= 0.6 is 15.9 Å². The largest absolute Gasteiger partial charge is 0.385 e. The third-order valence-electron chi connectivity index (χ3n) is 6.34. The van der Waals surface area contributed by atoms with Crippen molar-refractivity contribution in [2.24, 2.45) is 4.99 Å². The van der Waals surface area contributed by atoms with Gasteiger partial charge in [0.25, 0.3) is 0 Å². The molecule has 0 saturated carbocycles. The zero-order valence-corrected chi connectivity index (χ0v) is 21.8. The second-order valence-corrected chi connectivity index (χ2v) is 10.4. The third kappa shape index (κ3) is 14.1. The van der Waals surface area contributed by atoms with Gasteiger partial charge < -0.3 is 10.0 Å². The van der Waals surface area contributed by atoms with Gasteiger partial charge in [-0.25, -0.2) is 0 Å². The van der Waals surface area contributed by atoms with Gasteiger partial charge in [0.2, 0.25) is 0 Å². The molecule has 0 spiro atoms. The van der Waals surface area contributed by atoms with Crippen LogP contribution in [-0.4, -0.2) is 40.0 Å². The molecule has 1 N–H and O–H groups in total. The van der Waals surface area contributed by atoms with Crippen LogP contribution in [0.4, 0.5) is 0 Å². The maximum Gasteiger partial charge on any atom is 0.129 e. The van der Waals surface area contributed by atoms with E-state index in [-0.39, 0.29) is 11.1 Å². The summed E-state index contributed by atoms with van der Waals surface area (Å²) in [6.45, 7) is 6.37. The van der Waals surface area contributed by atoms with E-state index in [4.69, 9.17) is 0 Å². The van der Waals surface area contributed by atoms with Crippen LogP contribution in [-0.2, 0) is 0 Å². The zero-order chi connectivity index (χ0) is 21.9. The van der Waals surface area contributed by atoms with Crippen molar-refractivity contribution in [2.45, 2.75) is 147 Å². The molecular formula is C26H51BrN2O. The smallest absolute Gasteiger partial charge is 0.129 e. The first kappa shape index (κ1) is 27.9. The van der Waals surface area contributed by atoms with Gasteiger partial charge in [-0.05, 0) is 12.8 Å². The molecule has 0 aromatic rings. The Morgan fingerprint density at radius 3 is 1.63 bits per heavy atom. The number of hydrogen-bond acceptors (Lipinski definition) is 3. The van der Waals surface area contributed by atoms with Crippen LogP contribution in [0, 0.1) is 0 Å².